The third-order valence-electron chi connectivity index (χ3n) is 2.13. The van der Waals surface area contributed by atoms with Gasteiger partial charge < -0.3 is 10.1 Å². The summed E-state index contributed by atoms with van der Waals surface area (Å²) in [5.74, 6) is 1.25. The first-order chi connectivity index (χ1) is 8.29. The molecule has 0 bridgehead atoms. The highest BCUT2D eigenvalue weighted by Crippen LogP contribution is 2.31. The number of nitrogens with one attached hydrogen (secondary N) is 1. The number of ether oxygens (including phenoxy) is 1. The Morgan fingerprint density at radius 3 is 2.59 bits per heavy atom. The van der Waals surface area contributed by atoms with Gasteiger partial charge in [-0.05, 0) is 30.3 Å². The van der Waals surface area contributed by atoms with E-state index in [1.54, 1.807) is 18.2 Å². The van der Waals surface area contributed by atoms with E-state index >= 15 is 0 Å². The number of hydrogen-bond acceptors (Lipinski definition) is 2. The zero-order chi connectivity index (χ0) is 12.1. The summed E-state index contributed by atoms with van der Waals surface area (Å²) >= 11 is 5.84. The van der Waals surface area contributed by atoms with Gasteiger partial charge in [0.05, 0.1) is 5.69 Å². The lowest BCUT2D eigenvalue weighted by molar-refractivity contribution is -0.105. The molecule has 0 radical (unpaired) electrons. The van der Waals surface area contributed by atoms with Crippen LogP contribution in [-0.4, -0.2) is 6.41 Å². The van der Waals surface area contributed by atoms with Gasteiger partial charge in [0.2, 0.25) is 6.41 Å². The molecule has 2 aromatic rings. The molecule has 86 valence electrons. The molecule has 4 heteroatoms. The number of amides is 1. The summed E-state index contributed by atoms with van der Waals surface area (Å²) in [6.07, 6.45) is 0.587. The number of rotatable bonds is 4. The number of anilines is 1. The van der Waals surface area contributed by atoms with Crippen LogP contribution >= 0.6 is 11.6 Å². The van der Waals surface area contributed by atoms with E-state index in [9.17, 15) is 4.79 Å². The maximum absolute atomic E-state index is 10.5. The monoisotopic (exact) mass is 247 g/mol. The summed E-state index contributed by atoms with van der Waals surface area (Å²) in [6.45, 7) is 0. The molecule has 0 atom stereocenters. The van der Waals surface area contributed by atoms with Crippen molar-refractivity contribution in [2.24, 2.45) is 0 Å². The molecular formula is C13H10ClNO2. The second-order valence-electron chi connectivity index (χ2n) is 3.32. The van der Waals surface area contributed by atoms with E-state index in [2.05, 4.69) is 5.32 Å². The van der Waals surface area contributed by atoms with E-state index < -0.39 is 0 Å². The maximum atomic E-state index is 10.5. The van der Waals surface area contributed by atoms with Gasteiger partial charge in [-0.3, -0.25) is 4.79 Å². The molecule has 0 spiro atoms. The number of hydrogen-bond donors (Lipinski definition) is 1. The average Bonchev–Trinajstić information content (AvgIpc) is 2.34. The van der Waals surface area contributed by atoms with Crippen LogP contribution in [0, 0.1) is 0 Å². The first-order valence-electron chi connectivity index (χ1n) is 5.02. The molecule has 0 aromatic heterocycles. The van der Waals surface area contributed by atoms with E-state index in [4.69, 9.17) is 16.3 Å². The third-order valence-corrected chi connectivity index (χ3v) is 2.36. The van der Waals surface area contributed by atoms with Crippen molar-refractivity contribution in [3.8, 4) is 11.5 Å². The van der Waals surface area contributed by atoms with Gasteiger partial charge in [0.25, 0.3) is 0 Å². The highest BCUT2D eigenvalue weighted by molar-refractivity contribution is 6.31. The van der Waals surface area contributed by atoms with E-state index in [0.29, 0.717) is 28.6 Å². The molecule has 3 nitrogen and oxygen atoms in total. The summed E-state index contributed by atoms with van der Waals surface area (Å²) in [6, 6.07) is 14.4. The fourth-order valence-electron chi connectivity index (χ4n) is 1.38. The molecule has 2 aromatic carbocycles. The number of carbonyl (C=O) groups excluding carboxylic acids is 1. The Morgan fingerprint density at radius 1 is 1.12 bits per heavy atom. The van der Waals surface area contributed by atoms with Crippen molar-refractivity contribution in [1.29, 1.82) is 0 Å². The van der Waals surface area contributed by atoms with Crippen molar-refractivity contribution in [2.75, 3.05) is 5.32 Å². The van der Waals surface area contributed by atoms with Crippen LogP contribution < -0.4 is 10.1 Å². The zero-order valence-corrected chi connectivity index (χ0v) is 9.65. The van der Waals surface area contributed by atoms with Crippen LogP contribution in [0.4, 0.5) is 5.69 Å². The maximum Gasteiger partial charge on any atom is 0.211 e. The summed E-state index contributed by atoms with van der Waals surface area (Å²) in [7, 11) is 0. The highest BCUT2D eigenvalue weighted by Gasteiger charge is 2.05. The van der Waals surface area contributed by atoms with E-state index in [0.717, 1.165) is 0 Å². The van der Waals surface area contributed by atoms with Crippen molar-refractivity contribution in [2.45, 2.75) is 0 Å². The Labute approximate surface area is 104 Å². The minimum Gasteiger partial charge on any atom is -0.455 e. The Morgan fingerprint density at radius 2 is 1.88 bits per heavy atom. The number of benzene rings is 2. The van der Waals surface area contributed by atoms with Gasteiger partial charge in [0.15, 0.2) is 5.75 Å². The van der Waals surface area contributed by atoms with Crippen LogP contribution in [0.1, 0.15) is 0 Å². The second-order valence-corrected chi connectivity index (χ2v) is 3.75. The van der Waals surface area contributed by atoms with Gasteiger partial charge in [-0.1, -0.05) is 29.8 Å². The molecule has 1 N–H and O–H groups in total. The smallest absolute Gasteiger partial charge is 0.211 e. The minimum atomic E-state index is 0.537. The Balaban J connectivity index is 2.29. The zero-order valence-electron chi connectivity index (χ0n) is 8.89. The number of para-hydroxylation sites is 1. The molecule has 0 aliphatic heterocycles. The Kier molecular flexibility index (Phi) is 3.62. The second kappa shape index (κ2) is 5.37. The topological polar surface area (TPSA) is 38.3 Å². The van der Waals surface area contributed by atoms with Crippen molar-refractivity contribution in [1.82, 2.24) is 0 Å². The predicted octanol–water partition coefficient (Wildman–Crippen LogP) is 3.70. The van der Waals surface area contributed by atoms with E-state index in [1.165, 1.54) is 0 Å². The summed E-state index contributed by atoms with van der Waals surface area (Å²) in [5, 5.41) is 3.08. The SMILES string of the molecule is O=CNc1cc(Cl)ccc1Oc1ccccc1. The fraction of sp³-hybridized carbons (Fsp3) is 0. The van der Waals surface area contributed by atoms with E-state index in [1.807, 2.05) is 30.3 Å². The summed E-state index contributed by atoms with van der Waals surface area (Å²) in [4.78, 5) is 10.5. The van der Waals surface area contributed by atoms with Gasteiger partial charge in [-0.2, -0.15) is 0 Å². The third kappa shape index (κ3) is 2.98. The van der Waals surface area contributed by atoms with Crippen LogP contribution in [0.5, 0.6) is 11.5 Å². The molecule has 0 aliphatic rings. The van der Waals surface area contributed by atoms with Crippen LogP contribution in [0.15, 0.2) is 48.5 Å². The van der Waals surface area contributed by atoms with Crippen LogP contribution in [0.3, 0.4) is 0 Å². The quantitative estimate of drug-likeness (QED) is 0.837. The molecule has 0 saturated heterocycles. The van der Waals surface area contributed by atoms with Crippen LogP contribution in [0.25, 0.3) is 0 Å². The average molecular weight is 248 g/mol. The molecule has 2 rings (SSSR count). The molecule has 0 saturated carbocycles. The molecule has 17 heavy (non-hydrogen) atoms. The molecule has 0 unspecified atom stereocenters. The lowest BCUT2D eigenvalue weighted by Gasteiger charge is -2.10. The lowest BCUT2D eigenvalue weighted by atomic mass is 10.3. The molecule has 0 heterocycles. The predicted molar refractivity (Wildman–Crippen MR) is 67.7 cm³/mol. The number of carbonyl (C=O) groups is 1. The van der Waals surface area contributed by atoms with Crippen LogP contribution in [-0.2, 0) is 4.79 Å². The molecule has 1 amide bonds. The van der Waals surface area contributed by atoms with Gasteiger partial charge in [0.1, 0.15) is 5.75 Å². The van der Waals surface area contributed by atoms with E-state index in [-0.39, 0.29) is 0 Å². The van der Waals surface area contributed by atoms with Gasteiger partial charge in [-0.25, -0.2) is 0 Å². The van der Waals surface area contributed by atoms with Crippen molar-refractivity contribution in [3.05, 3.63) is 53.6 Å². The van der Waals surface area contributed by atoms with Crippen molar-refractivity contribution >= 4 is 23.7 Å². The normalized spacial score (nSPS) is 9.71. The summed E-state index contributed by atoms with van der Waals surface area (Å²) in [5.41, 5.74) is 0.538. The summed E-state index contributed by atoms with van der Waals surface area (Å²) < 4.78 is 5.64. The van der Waals surface area contributed by atoms with Gasteiger partial charge >= 0.3 is 0 Å². The standard InChI is InChI=1S/C13H10ClNO2/c14-10-6-7-13(12(8-10)15-9-16)17-11-4-2-1-3-5-11/h1-9H,(H,15,16). The first kappa shape index (κ1) is 11.5. The Hall–Kier alpha value is -2.00. The largest absolute Gasteiger partial charge is 0.455 e. The first-order valence-corrected chi connectivity index (χ1v) is 5.40. The molecular weight excluding hydrogens is 238 g/mol. The van der Waals surface area contributed by atoms with Gasteiger partial charge in [-0.15, -0.1) is 0 Å². The highest BCUT2D eigenvalue weighted by atomic mass is 35.5. The van der Waals surface area contributed by atoms with Crippen molar-refractivity contribution in [3.63, 3.8) is 0 Å². The molecule has 0 fully saturated rings. The number of halogens is 1. The molecule has 0 aliphatic carbocycles. The Bertz CT molecular complexity index is 514. The van der Waals surface area contributed by atoms with Gasteiger partial charge in [0, 0.05) is 5.02 Å². The van der Waals surface area contributed by atoms with Crippen LogP contribution in [0.2, 0.25) is 5.02 Å². The lowest BCUT2D eigenvalue weighted by Crippen LogP contribution is -1.96. The minimum absolute atomic E-state index is 0.537. The fourth-order valence-corrected chi connectivity index (χ4v) is 1.56. The van der Waals surface area contributed by atoms with Crippen molar-refractivity contribution < 1.29 is 9.53 Å².